The molecule has 4 amide bonds. The van der Waals surface area contributed by atoms with Gasteiger partial charge in [-0.3, -0.25) is 24.1 Å². The zero-order valence-electron chi connectivity index (χ0n) is 22.1. The minimum Gasteiger partial charge on any atom is -0.330 e. The van der Waals surface area contributed by atoms with Crippen molar-refractivity contribution in [2.24, 2.45) is 35.0 Å². The van der Waals surface area contributed by atoms with Crippen LogP contribution in [0.25, 0.3) is 0 Å². The Morgan fingerprint density at radius 1 is 0.917 bits per heavy atom. The van der Waals surface area contributed by atoms with Crippen LogP contribution < -0.4 is 17.2 Å². The number of piperazine rings is 1. The number of carbonyl (C=O) groups excluding carboxylic acids is 4. The fraction of sp³-hybridized carbons (Fsp3) is 0.846. The highest BCUT2D eigenvalue weighted by Gasteiger charge is 2.71. The summed E-state index contributed by atoms with van der Waals surface area (Å²) in [7, 11) is 0. The summed E-state index contributed by atoms with van der Waals surface area (Å²) in [5, 5.41) is 0. The van der Waals surface area contributed by atoms with E-state index in [-0.39, 0.29) is 54.3 Å². The van der Waals surface area contributed by atoms with E-state index < -0.39 is 11.7 Å². The van der Waals surface area contributed by atoms with Gasteiger partial charge < -0.3 is 27.0 Å². The molecule has 3 fully saturated rings. The molecule has 10 heteroatoms. The van der Waals surface area contributed by atoms with Gasteiger partial charge in [-0.25, -0.2) is 0 Å². The third-order valence-corrected chi connectivity index (χ3v) is 7.95. The summed E-state index contributed by atoms with van der Waals surface area (Å²) >= 11 is 0. The Hall–Kier alpha value is -2.04. The number of nitrogens with two attached hydrogens (primary N) is 3. The highest BCUT2D eigenvalue weighted by molar-refractivity contribution is 6.05. The number of imide groups is 1. The highest BCUT2D eigenvalue weighted by atomic mass is 16.2. The van der Waals surface area contributed by atoms with Crippen LogP contribution in [-0.2, 0) is 19.2 Å². The number of hydrogen-bond acceptors (Lipinski definition) is 7. The van der Waals surface area contributed by atoms with Crippen molar-refractivity contribution in [1.29, 1.82) is 0 Å². The number of nitrogens with zero attached hydrogens (tertiary/aromatic N) is 3. The first-order valence-corrected chi connectivity index (χ1v) is 13.8. The molecule has 0 bridgehead atoms. The number of amides is 4. The number of unbranched alkanes of at least 4 members (excludes halogenated alkanes) is 2. The Bertz CT molecular complexity index is 820. The molecule has 0 aromatic rings. The molecule has 0 radical (unpaired) electrons. The van der Waals surface area contributed by atoms with Crippen molar-refractivity contribution in [2.45, 2.75) is 89.8 Å². The molecule has 36 heavy (non-hydrogen) atoms. The second-order valence-electron chi connectivity index (χ2n) is 11.1. The molecule has 2 unspecified atom stereocenters. The van der Waals surface area contributed by atoms with E-state index in [1.54, 1.807) is 9.80 Å². The molecule has 10 nitrogen and oxygen atoms in total. The predicted molar refractivity (Wildman–Crippen MR) is 137 cm³/mol. The molecule has 6 N–H and O–H groups in total. The zero-order valence-corrected chi connectivity index (χ0v) is 22.1. The predicted octanol–water partition coefficient (Wildman–Crippen LogP) is 0.770. The minimum atomic E-state index is -1.05. The fourth-order valence-electron chi connectivity index (χ4n) is 6.07. The molecular formula is C26H46N6O4. The summed E-state index contributed by atoms with van der Waals surface area (Å²) in [6, 6.07) is 0. The van der Waals surface area contributed by atoms with Gasteiger partial charge in [-0.2, -0.15) is 0 Å². The van der Waals surface area contributed by atoms with E-state index in [0.717, 1.165) is 12.8 Å². The average molecular weight is 507 g/mol. The third kappa shape index (κ3) is 5.75. The summed E-state index contributed by atoms with van der Waals surface area (Å²) in [6.07, 6.45) is 5.30. The van der Waals surface area contributed by atoms with Gasteiger partial charge in [-0.05, 0) is 82.8 Å². The lowest BCUT2D eigenvalue weighted by molar-refractivity contribution is -0.186. The van der Waals surface area contributed by atoms with Crippen LogP contribution >= 0.6 is 0 Å². The molecule has 3 rings (SSSR count). The molecule has 3 aliphatic rings. The molecule has 0 aromatic heterocycles. The molecule has 2 saturated heterocycles. The molecule has 1 aliphatic carbocycles. The van der Waals surface area contributed by atoms with E-state index in [4.69, 9.17) is 17.2 Å². The largest absolute Gasteiger partial charge is 0.330 e. The first-order valence-electron chi connectivity index (χ1n) is 13.8. The summed E-state index contributed by atoms with van der Waals surface area (Å²) in [4.78, 5) is 59.3. The van der Waals surface area contributed by atoms with E-state index in [9.17, 15) is 19.2 Å². The van der Waals surface area contributed by atoms with Crippen molar-refractivity contribution in [3.05, 3.63) is 0 Å². The summed E-state index contributed by atoms with van der Waals surface area (Å²) < 4.78 is 0. The molecule has 0 aromatic carbocycles. The average Bonchev–Trinajstić information content (AvgIpc) is 3.55. The SMILES string of the molecule is CC(C)C[C@H]1CN(C(=O)CCCCN)[C@H]2CN(C(=O)CCCCN)C(=O)C3(CC3CCCN)N2C1=O. The van der Waals surface area contributed by atoms with Gasteiger partial charge in [0, 0.05) is 19.4 Å². The number of rotatable bonds is 13. The van der Waals surface area contributed by atoms with E-state index in [1.807, 2.05) is 0 Å². The lowest BCUT2D eigenvalue weighted by Gasteiger charge is -2.55. The van der Waals surface area contributed by atoms with Crippen molar-refractivity contribution < 1.29 is 19.2 Å². The van der Waals surface area contributed by atoms with Crippen LogP contribution in [0.4, 0.5) is 0 Å². The normalized spacial score (nSPS) is 27.7. The maximum atomic E-state index is 13.9. The lowest BCUT2D eigenvalue weighted by Crippen LogP contribution is -2.75. The van der Waals surface area contributed by atoms with E-state index in [1.165, 1.54) is 4.90 Å². The standard InChI is InChI=1S/C26H46N6O4/c1-18(2)14-19-16-30(22(33)9-3-5-11-27)21-17-31(23(34)10-4-6-12-28)25(36)26(32(21)24(19)35)15-20(26)8-7-13-29/h18-21H,3-17,27-29H2,1-2H3/t19-,20?,21+,26?/m0/s1. The van der Waals surface area contributed by atoms with Crippen molar-refractivity contribution >= 4 is 23.6 Å². The molecule has 2 aliphatic heterocycles. The van der Waals surface area contributed by atoms with Crippen LogP contribution in [0.15, 0.2) is 0 Å². The minimum absolute atomic E-state index is 0.0361. The van der Waals surface area contributed by atoms with E-state index in [0.29, 0.717) is 71.1 Å². The second-order valence-corrected chi connectivity index (χ2v) is 11.1. The van der Waals surface area contributed by atoms with Crippen molar-refractivity contribution in [3.8, 4) is 0 Å². The number of carbonyl (C=O) groups is 4. The maximum Gasteiger partial charge on any atom is 0.255 e. The summed E-state index contributed by atoms with van der Waals surface area (Å²) in [5.41, 5.74) is 15.9. The Balaban J connectivity index is 1.96. The third-order valence-electron chi connectivity index (χ3n) is 7.95. The van der Waals surface area contributed by atoms with Crippen LogP contribution in [0, 0.1) is 17.8 Å². The van der Waals surface area contributed by atoms with Crippen LogP contribution in [0.2, 0.25) is 0 Å². The number of fused-ring (bicyclic) bond motifs is 2. The smallest absolute Gasteiger partial charge is 0.255 e. The Morgan fingerprint density at radius 3 is 2.11 bits per heavy atom. The Morgan fingerprint density at radius 2 is 1.53 bits per heavy atom. The molecule has 1 saturated carbocycles. The van der Waals surface area contributed by atoms with Gasteiger partial charge in [-0.1, -0.05) is 13.8 Å². The van der Waals surface area contributed by atoms with Gasteiger partial charge in [0.1, 0.15) is 11.7 Å². The monoisotopic (exact) mass is 506 g/mol. The van der Waals surface area contributed by atoms with Crippen LogP contribution in [-0.4, -0.2) is 82.8 Å². The Kier molecular flexibility index (Phi) is 9.88. The summed E-state index contributed by atoms with van der Waals surface area (Å²) in [5.74, 6) is -0.762. The first kappa shape index (κ1) is 28.5. The van der Waals surface area contributed by atoms with Gasteiger partial charge in [-0.15, -0.1) is 0 Å². The maximum absolute atomic E-state index is 13.9. The topological polar surface area (TPSA) is 156 Å². The van der Waals surface area contributed by atoms with Gasteiger partial charge in [0.15, 0.2) is 0 Å². The van der Waals surface area contributed by atoms with Crippen LogP contribution in [0.3, 0.4) is 0 Å². The Labute approximate surface area is 215 Å². The van der Waals surface area contributed by atoms with Gasteiger partial charge in [0.2, 0.25) is 17.7 Å². The van der Waals surface area contributed by atoms with Crippen molar-refractivity contribution in [3.63, 3.8) is 0 Å². The van der Waals surface area contributed by atoms with Crippen molar-refractivity contribution in [2.75, 3.05) is 32.7 Å². The zero-order chi connectivity index (χ0) is 26.5. The lowest BCUT2D eigenvalue weighted by atomic mass is 9.88. The van der Waals surface area contributed by atoms with Crippen LogP contribution in [0.1, 0.15) is 78.1 Å². The summed E-state index contributed by atoms with van der Waals surface area (Å²) in [6.45, 7) is 5.99. The van der Waals surface area contributed by atoms with Gasteiger partial charge in [0.05, 0.1) is 12.5 Å². The highest BCUT2D eigenvalue weighted by Crippen LogP contribution is 2.56. The van der Waals surface area contributed by atoms with Crippen LogP contribution in [0.5, 0.6) is 0 Å². The van der Waals surface area contributed by atoms with E-state index >= 15 is 0 Å². The first-order chi connectivity index (χ1) is 17.2. The van der Waals surface area contributed by atoms with Crippen molar-refractivity contribution in [1.82, 2.24) is 14.7 Å². The molecule has 1 spiro atoms. The number of hydrogen-bond donors (Lipinski definition) is 3. The molecular weight excluding hydrogens is 460 g/mol. The van der Waals surface area contributed by atoms with E-state index in [2.05, 4.69) is 13.8 Å². The fourth-order valence-corrected chi connectivity index (χ4v) is 6.07. The molecule has 2 heterocycles. The quantitative estimate of drug-likeness (QED) is 0.311. The molecule has 204 valence electrons. The molecule has 4 atom stereocenters. The second kappa shape index (κ2) is 12.5. The van der Waals surface area contributed by atoms with Gasteiger partial charge in [0.25, 0.3) is 5.91 Å². The van der Waals surface area contributed by atoms with Gasteiger partial charge >= 0.3 is 0 Å².